The van der Waals surface area contributed by atoms with E-state index in [1.54, 1.807) is 6.07 Å². The van der Waals surface area contributed by atoms with Gasteiger partial charge in [-0.15, -0.1) is 0 Å². The zero-order chi connectivity index (χ0) is 14.7. The van der Waals surface area contributed by atoms with Crippen molar-refractivity contribution in [2.45, 2.75) is 6.92 Å². The van der Waals surface area contributed by atoms with Crippen molar-refractivity contribution >= 4 is 17.5 Å². The number of carbonyl (C=O) groups is 1. The summed E-state index contributed by atoms with van der Waals surface area (Å²) in [6.45, 7) is 1.91. The highest BCUT2D eigenvalue weighted by atomic mass is 16.6. The van der Waals surface area contributed by atoms with Gasteiger partial charge < -0.3 is 5.11 Å². The average Bonchev–Trinajstić information content (AvgIpc) is 2.39. The quantitative estimate of drug-likeness (QED) is 0.658. The van der Waals surface area contributed by atoms with Crippen LogP contribution in [0.2, 0.25) is 0 Å². The van der Waals surface area contributed by atoms with E-state index in [0.29, 0.717) is 5.56 Å². The van der Waals surface area contributed by atoms with E-state index in [0.717, 1.165) is 11.1 Å². The summed E-state index contributed by atoms with van der Waals surface area (Å²) in [4.78, 5) is 21.1. The largest absolute Gasteiger partial charge is 0.465 e. The number of nitro groups is 1. The molecule has 6 heteroatoms. The topological polar surface area (TPSA) is 92.5 Å². The van der Waals surface area contributed by atoms with Crippen LogP contribution in [0.15, 0.2) is 42.5 Å². The Balaban J connectivity index is 2.53. The van der Waals surface area contributed by atoms with Crippen molar-refractivity contribution in [2.75, 3.05) is 5.32 Å². The third-order valence-corrected chi connectivity index (χ3v) is 2.89. The van der Waals surface area contributed by atoms with Crippen LogP contribution >= 0.6 is 0 Å². The van der Waals surface area contributed by atoms with Gasteiger partial charge in [0.2, 0.25) is 0 Å². The van der Waals surface area contributed by atoms with Gasteiger partial charge in [-0.1, -0.05) is 30.3 Å². The van der Waals surface area contributed by atoms with Crippen LogP contribution in [-0.2, 0) is 0 Å². The molecule has 0 aliphatic heterocycles. The Morgan fingerprint density at radius 2 is 1.95 bits per heavy atom. The molecule has 6 nitrogen and oxygen atoms in total. The van der Waals surface area contributed by atoms with Crippen LogP contribution in [0.3, 0.4) is 0 Å². The minimum absolute atomic E-state index is 0.0418. The lowest BCUT2D eigenvalue weighted by Crippen LogP contribution is -2.09. The monoisotopic (exact) mass is 272 g/mol. The van der Waals surface area contributed by atoms with E-state index in [-0.39, 0.29) is 11.4 Å². The fourth-order valence-corrected chi connectivity index (χ4v) is 1.97. The second-order valence-electron chi connectivity index (χ2n) is 4.23. The molecule has 0 atom stereocenters. The molecule has 0 unspecified atom stereocenters. The maximum atomic E-state index is 11.0. The van der Waals surface area contributed by atoms with Crippen LogP contribution < -0.4 is 5.32 Å². The van der Waals surface area contributed by atoms with Crippen LogP contribution in [0.5, 0.6) is 0 Å². The van der Waals surface area contributed by atoms with Crippen LogP contribution in [0.25, 0.3) is 11.1 Å². The molecular weight excluding hydrogens is 260 g/mol. The molecule has 1 amide bonds. The van der Waals surface area contributed by atoms with Gasteiger partial charge in [0.15, 0.2) is 0 Å². The second kappa shape index (κ2) is 5.40. The lowest BCUT2D eigenvalue weighted by molar-refractivity contribution is -0.383. The van der Waals surface area contributed by atoms with Crippen molar-refractivity contribution in [3.05, 3.63) is 58.1 Å². The summed E-state index contributed by atoms with van der Waals surface area (Å²) in [5.74, 6) is 0. The highest BCUT2D eigenvalue weighted by Gasteiger charge is 2.17. The van der Waals surface area contributed by atoms with E-state index in [4.69, 9.17) is 5.11 Å². The first-order valence-corrected chi connectivity index (χ1v) is 5.83. The van der Waals surface area contributed by atoms with Crippen LogP contribution in [0, 0.1) is 17.0 Å². The first kappa shape index (κ1) is 13.5. The zero-order valence-corrected chi connectivity index (χ0v) is 10.7. The smallest absolute Gasteiger partial charge is 0.409 e. The summed E-state index contributed by atoms with van der Waals surface area (Å²) in [6, 6.07) is 11.9. The normalized spacial score (nSPS) is 10.1. The van der Waals surface area contributed by atoms with Gasteiger partial charge in [-0.2, -0.15) is 0 Å². The van der Waals surface area contributed by atoms with Crippen molar-refractivity contribution in [1.29, 1.82) is 0 Å². The molecule has 0 aromatic heterocycles. The van der Waals surface area contributed by atoms with Gasteiger partial charge in [-0.25, -0.2) is 4.79 Å². The predicted octanol–water partition coefficient (Wildman–Crippen LogP) is 3.66. The lowest BCUT2D eigenvalue weighted by Gasteiger charge is -2.08. The van der Waals surface area contributed by atoms with Crippen molar-refractivity contribution in [1.82, 2.24) is 0 Å². The van der Waals surface area contributed by atoms with Crippen LogP contribution in [0.1, 0.15) is 5.56 Å². The molecular formula is C14H12N2O4. The Hall–Kier alpha value is -2.89. The number of nitro benzene ring substituents is 1. The first-order chi connectivity index (χ1) is 9.49. The molecule has 2 aromatic carbocycles. The summed E-state index contributed by atoms with van der Waals surface area (Å²) in [6.07, 6.45) is -1.34. The van der Waals surface area contributed by atoms with Gasteiger partial charge in [0.1, 0.15) is 5.69 Å². The minimum Gasteiger partial charge on any atom is -0.465 e. The van der Waals surface area contributed by atoms with Crippen LogP contribution in [-0.4, -0.2) is 16.1 Å². The van der Waals surface area contributed by atoms with E-state index < -0.39 is 11.0 Å². The number of carboxylic acid groups (broad SMARTS) is 1. The third kappa shape index (κ3) is 2.74. The summed E-state index contributed by atoms with van der Waals surface area (Å²) in [7, 11) is 0. The molecule has 2 rings (SSSR count). The summed E-state index contributed by atoms with van der Waals surface area (Å²) < 4.78 is 0. The summed E-state index contributed by atoms with van der Waals surface area (Å²) >= 11 is 0. The van der Waals surface area contributed by atoms with E-state index in [2.05, 4.69) is 0 Å². The summed E-state index contributed by atoms with van der Waals surface area (Å²) in [5.41, 5.74) is 2.22. The molecule has 0 fully saturated rings. The Bertz CT molecular complexity index is 683. The number of anilines is 1. The molecule has 0 spiro atoms. The predicted molar refractivity (Wildman–Crippen MR) is 74.9 cm³/mol. The number of aryl methyl sites for hydroxylation is 1. The Labute approximate surface area is 114 Å². The lowest BCUT2D eigenvalue weighted by atomic mass is 10.00. The molecule has 2 N–H and O–H groups in total. The number of benzene rings is 2. The van der Waals surface area contributed by atoms with Gasteiger partial charge in [-0.3, -0.25) is 15.4 Å². The highest BCUT2D eigenvalue weighted by molar-refractivity contribution is 5.88. The SMILES string of the molecule is Cc1ccccc1-c1ccc(NC(=O)O)c([N+](=O)[O-])c1. The van der Waals surface area contributed by atoms with Crippen molar-refractivity contribution in [3.8, 4) is 11.1 Å². The van der Waals surface area contributed by atoms with E-state index in [1.807, 2.05) is 36.5 Å². The molecule has 0 aliphatic carbocycles. The van der Waals surface area contributed by atoms with Gasteiger partial charge in [0.05, 0.1) is 4.92 Å². The zero-order valence-electron chi connectivity index (χ0n) is 10.7. The Morgan fingerprint density at radius 3 is 2.55 bits per heavy atom. The molecule has 102 valence electrons. The number of rotatable bonds is 3. The van der Waals surface area contributed by atoms with Crippen LogP contribution in [0.4, 0.5) is 16.2 Å². The molecule has 0 saturated heterocycles. The number of nitrogens with zero attached hydrogens (tertiary/aromatic N) is 1. The van der Waals surface area contributed by atoms with Crippen molar-refractivity contribution in [2.24, 2.45) is 0 Å². The molecule has 0 radical (unpaired) electrons. The molecule has 0 saturated carbocycles. The van der Waals surface area contributed by atoms with Crippen molar-refractivity contribution < 1.29 is 14.8 Å². The molecule has 20 heavy (non-hydrogen) atoms. The maximum Gasteiger partial charge on any atom is 0.409 e. The molecule has 0 aliphatic rings. The van der Waals surface area contributed by atoms with Gasteiger partial charge >= 0.3 is 6.09 Å². The fraction of sp³-hybridized carbons (Fsp3) is 0.0714. The fourth-order valence-electron chi connectivity index (χ4n) is 1.97. The van der Waals surface area contributed by atoms with E-state index in [9.17, 15) is 14.9 Å². The highest BCUT2D eigenvalue weighted by Crippen LogP contribution is 2.31. The van der Waals surface area contributed by atoms with Gasteiger partial charge in [0, 0.05) is 6.07 Å². The number of nitrogens with one attached hydrogen (secondary N) is 1. The summed E-state index contributed by atoms with van der Waals surface area (Å²) in [5, 5.41) is 21.7. The Morgan fingerprint density at radius 1 is 1.25 bits per heavy atom. The number of hydrogen-bond acceptors (Lipinski definition) is 3. The standard InChI is InChI=1S/C14H12N2O4/c1-9-4-2-3-5-11(9)10-6-7-12(15-14(17)18)13(8-10)16(19)20/h2-8,15H,1H3,(H,17,18). The maximum absolute atomic E-state index is 11.0. The van der Waals surface area contributed by atoms with Gasteiger partial charge in [0.25, 0.3) is 5.69 Å². The second-order valence-corrected chi connectivity index (χ2v) is 4.23. The molecule has 2 aromatic rings. The van der Waals surface area contributed by atoms with E-state index >= 15 is 0 Å². The van der Waals surface area contributed by atoms with Crippen molar-refractivity contribution in [3.63, 3.8) is 0 Å². The third-order valence-electron chi connectivity index (χ3n) is 2.89. The number of hydrogen-bond donors (Lipinski definition) is 2. The average molecular weight is 272 g/mol. The van der Waals surface area contributed by atoms with E-state index in [1.165, 1.54) is 12.1 Å². The van der Waals surface area contributed by atoms with Gasteiger partial charge in [-0.05, 0) is 29.7 Å². The molecule has 0 heterocycles. The first-order valence-electron chi connectivity index (χ1n) is 5.83. The Kier molecular flexibility index (Phi) is 3.65. The number of amides is 1. The minimum atomic E-state index is -1.34. The molecule has 0 bridgehead atoms.